The van der Waals surface area contributed by atoms with Crippen LogP contribution in [0, 0.1) is 17.8 Å². The number of carbonyl (C=O) groups excluding carboxylic acids is 1. The Hall–Kier alpha value is -1.58. The molecule has 2 aliphatic carbocycles. The van der Waals surface area contributed by atoms with Gasteiger partial charge in [0.25, 0.3) is 5.91 Å². The molecule has 0 unspecified atom stereocenters. The second kappa shape index (κ2) is 5.81. The summed E-state index contributed by atoms with van der Waals surface area (Å²) in [6, 6.07) is 3.79. The van der Waals surface area contributed by atoms with Gasteiger partial charge in [0.15, 0.2) is 0 Å². The highest BCUT2D eigenvalue weighted by atomic mass is 16.1. The molecule has 0 saturated heterocycles. The van der Waals surface area contributed by atoms with E-state index in [0.29, 0.717) is 12.2 Å². The van der Waals surface area contributed by atoms with Gasteiger partial charge in [-0.3, -0.25) is 9.78 Å². The van der Waals surface area contributed by atoms with E-state index in [-0.39, 0.29) is 5.91 Å². The van der Waals surface area contributed by atoms with Crippen molar-refractivity contribution in [3.05, 3.63) is 24.0 Å². The molecule has 108 valence electrons. The van der Waals surface area contributed by atoms with Crippen LogP contribution in [-0.2, 0) is 0 Å². The molecule has 0 bridgehead atoms. The van der Waals surface area contributed by atoms with Gasteiger partial charge in [0.1, 0.15) is 5.69 Å². The first-order chi connectivity index (χ1) is 9.78. The van der Waals surface area contributed by atoms with Gasteiger partial charge in [0, 0.05) is 25.0 Å². The Morgan fingerprint density at radius 3 is 2.65 bits per heavy atom. The van der Waals surface area contributed by atoms with Gasteiger partial charge in [-0.05, 0) is 62.5 Å². The Morgan fingerprint density at radius 2 is 2.05 bits per heavy atom. The van der Waals surface area contributed by atoms with Gasteiger partial charge in [0.05, 0.1) is 0 Å². The summed E-state index contributed by atoms with van der Waals surface area (Å²) in [5.74, 6) is 2.62. The van der Waals surface area contributed by atoms with Crippen LogP contribution in [0.2, 0.25) is 0 Å². The number of pyridine rings is 1. The van der Waals surface area contributed by atoms with E-state index in [1.807, 2.05) is 19.1 Å². The van der Waals surface area contributed by atoms with Crippen molar-refractivity contribution in [3.8, 4) is 0 Å². The van der Waals surface area contributed by atoms with Crippen molar-refractivity contribution >= 4 is 11.6 Å². The summed E-state index contributed by atoms with van der Waals surface area (Å²) in [5.41, 5.74) is 1.50. The Labute approximate surface area is 120 Å². The van der Waals surface area contributed by atoms with Crippen LogP contribution < -0.4 is 10.6 Å². The molecule has 1 aromatic rings. The zero-order valence-corrected chi connectivity index (χ0v) is 12.1. The molecule has 4 heteroatoms. The number of aromatic nitrogens is 1. The fourth-order valence-corrected chi connectivity index (χ4v) is 2.92. The third-order valence-corrected chi connectivity index (χ3v) is 4.33. The van der Waals surface area contributed by atoms with Gasteiger partial charge in [-0.2, -0.15) is 0 Å². The highest BCUT2D eigenvalue weighted by molar-refractivity contribution is 5.93. The first-order valence-corrected chi connectivity index (χ1v) is 7.76. The van der Waals surface area contributed by atoms with E-state index in [0.717, 1.165) is 30.0 Å². The predicted octanol–water partition coefficient (Wildman–Crippen LogP) is 2.68. The minimum Gasteiger partial charge on any atom is -0.385 e. The summed E-state index contributed by atoms with van der Waals surface area (Å²) in [7, 11) is 0. The molecule has 1 heterocycles. The van der Waals surface area contributed by atoms with Gasteiger partial charge in [-0.1, -0.05) is 0 Å². The Balaban J connectivity index is 1.59. The van der Waals surface area contributed by atoms with Crippen molar-refractivity contribution in [1.29, 1.82) is 0 Å². The van der Waals surface area contributed by atoms with Gasteiger partial charge in [-0.25, -0.2) is 0 Å². The van der Waals surface area contributed by atoms with Crippen LogP contribution in [0.15, 0.2) is 18.3 Å². The number of hydrogen-bond acceptors (Lipinski definition) is 3. The largest absolute Gasteiger partial charge is 0.385 e. The lowest BCUT2D eigenvalue weighted by atomic mass is 9.98. The third-order valence-electron chi connectivity index (χ3n) is 4.33. The molecule has 2 saturated carbocycles. The topological polar surface area (TPSA) is 54.0 Å². The summed E-state index contributed by atoms with van der Waals surface area (Å²) in [6.45, 7) is 3.58. The van der Waals surface area contributed by atoms with E-state index < -0.39 is 0 Å². The van der Waals surface area contributed by atoms with Crippen molar-refractivity contribution in [2.75, 3.05) is 18.4 Å². The molecule has 4 nitrogen and oxygen atoms in total. The van der Waals surface area contributed by atoms with Crippen molar-refractivity contribution in [1.82, 2.24) is 10.3 Å². The zero-order chi connectivity index (χ0) is 13.9. The molecule has 0 atom stereocenters. The maximum absolute atomic E-state index is 11.8. The molecule has 2 N–H and O–H groups in total. The Kier molecular flexibility index (Phi) is 3.90. The van der Waals surface area contributed by atoms with E-state index in [9.17, 15) is 4.79 Å². The average Bonchev–Trinajstić information content (AvgIpc) is 3.33. The van der Waals surface area contributed by atoms with Gasteiger partial charge in [0.2, 0.25) is 0 Å². The summed E-state index contributed by atoms with van der Waals surface area (Å²) in [4.78, 5) is 15.9. The second-order valence-electron chi connectivity index (χ2n) is 6.01. The molecule has 20 heavy (non-hydrogen) atoms. The molecule has 3 rings (SSSR count). The lowest BCUT2D eigenvalue weighted by molar-refractivity contribution is 0.0951. The summed E-state index contributed by atoms with van der Waals surface area (Å²) >= 11 is 0. The highest BCUT2D eigenvalue weighted by Crippen LogP contribution is 2.49. The average molecular weight is 273 g/mol. The molecule has 0 aromatic carbocycles. The van der Waals surface area contributed by atoms with Crippen LogP contribution in [0.5, 0.6) is 0 Å². The molecular weight excluding hydrogens is 250 g/mol. The van der Waals surface area contributed by atoms with Crippen molar-refractivity contribution < 1.29 is 4.79 Å². The zero-order valence-electron chi connectivity index (χ0n) is 12.1. The first-order valence-electron chi connectivity index (χ1n) is 7.76. The molecule has 0 radical (unpaired) electrons. The molecule has 1 amide bonds. The SMILES string of the molecule is CCNC(=O)c1cc(NCC(C2CC2)C2CC2)ccn1. The van der Waals surface area contributed by atoms with Gasteiger partial charge in [-0.15, -0.1) is 0 Å². The first kappa shape index (κ1) is 13.4. The number of hydrogen-bond donors (Lipinski definition) is 2. The van der Waals surface area contributed by atoms with Crippen molar-refractivity contribution in [2.45, 2.75) is 32.6 Å². The molecule has 0 spiro atoms. The Morgan fingerprint density at radius 1 is 1.35 bits per heavy atom. The highest BCUT2D eigenvalue weighted by Gasteiger charge is 2.40. The van der Waals surface area contributed by atoms with Crippen LogP contribution >= 0.6 is 0 Å². The quantitative estimate of drug-likeness (QED) is 0.803. The van der Waals surface area contributed by atoms with Crippen LogP contribution in [0.4, 0.5) is 5.69 Å². The smallest absolute Gasteiger partial charge is 0.269 e. The predicted molar refractivity (Wildman–Crippen MR) is 79.7 cm³/mol. The van der Waals surface area contributed by atoms with Crippen LogP contribution in [-0.4, -0.2) is 24.0 Å². The number of carbonyl (C=O) groups is 1. The molecule has 0 aliphatic heterocycles. The number of anilines is 1. The minimum atomic E-state index is -0.0999. The normalized spacial score (nSPS) is 18.1. The van der Waals surface area contributed by atoms with E-state index in [4.69, 9.17) is 0 Å². The maximum Gasteiger partial charge on any atom is 0.269 e. The van der Waals surface area contributed by atoms with Gasteiger partial charge >= 0.3 is 0 Å². The minimum absolute atomic E-state index is 0.0999. The van der Waals surface area contributed by atoms with Gasteiger partial charge < -0.3 is 10.6 Å². The summed E-state index contributed by atoms with van der Waals surface area (Å²) in [5, 5.41) is 6.29. The lowest BCUT2D eigenvalue weighted by Crippen LogP contribution is -2.24. The Bertz CT molecular complexity index is 468. The standard InChI is InChI=1S/C16H23N3O/c1-2-17-16(20)15-9-13(7-8-18-15)19-10-14(11-3-4-11)12-5-6-12/h7-9,11-12,14H,2-6,10H2,1H3,(H,17,20)(H,18,19). The summed E-state index contributed by atoms with van der Waals surface area (Å²) in [6.07, 6.45) is 7.33. The lowest BCUT2D eigenvalue weighted by Gasteiger charge is -2.17. The van der Waals surface area contributed by atoms with Crippen LogP contribution in [0.1, 0.15) is 43.1 Å². The monoisotopic (exact) mass is 273 g/mol. The van der Waals surface area contributed by atoms with Crippen LogP contribution in [0.25, 0.3) is 0 Å². The fourth-order valence-electron chi connectivity index (χ4n) is 2.92. The van der Waals surface area contributed by atoms with E-state index in [2.05, 4.69) is 15.6 Å². The van der Waals surface area contributed by atoms with Crippen molar-refractivity contribution in [3.63, 3.8) is 0 Å². The molecule has 2 aliphatic rings. The fraction of sp³-hybridized carbons (Fsp3) is 0.625. The molecule has 2 fully saturated rings. The second-order valence-corrected chi connectivity index (χ2v) is 6.01. The maximum atomic E-state index is 11.8. The summed E-state index contributed by atoms with van der Waals surface area (Å²) < 4.78 is 0. The third kappa shape index (κ3) is 3.30. The number of nitrogens with one attached hydrogen (secondary N) is 2. The number of nitrogens with zero attached hydrogens (tertiary/aromatic N) is 1. The molecule has 1 aromatic heterocycles. The van der Waals surface area contributed by atoms with Crippen molar-refractivity contribution in [2.24, 2.45) is 17.8 Å². The van der Waals surface area contributed by atoms with Crippen LogP contribution in [0.3, 0.4) is 0 Å². The molecular formula is C16H23N3O. The van der Waals surface area contributed by atoms with E-state index in [1.165, 1.54) is 25.7 Å². The number of rotatable bonds is 7. The number of amides is 1. The van der Waals surface area contributed by atoms with E-state index >= 15 is 0 Å². The van der Waals surface area contributed by atoms with E-state index in [1.54, 1.807) is 6.20 Å².